The van der Waals surface area contributed by atoms with Gasteiger partial charge in [0.2, 0.25) is 0 Å². The molecule has 0 fully saturated rings. The van der Waals surface area contributed by atoms with Gasteiger partial charge in [0, 0.05) is 57.9 Å². The molecular weight excluding hydrogens is 516 g/mol. The van der Waals surface area contributed by atoms with Crippen molar-refractivity contribution in [2.45, 2.75) is 37.4 Å². The molecule has 3 atom stereocenters. The quantitative estimate of drug-likeness (QED) is 0.495. The molecule has 0 unspecified atom stereocenters. The van der Waals surface area contributed by atoms with Gasteiger partial charge in [0.1, 0.15) is 12.4 Å². The van der Waals surface area contributed by atoms with Crippen LogP contribution in [0.25, 0.3) is 0 Å². The summed E-state index contributed by atoms with van der Waals surface area (Å²) in [6.45, 7) is 6.35. The number of amides is 1. The molecule has 9 nitrogen and oxygen atoms in total. The van der Waals surface area contributed by atoms with Crippen molar-refractivity contribution in [3.8, 4) is 5.75 Å². The smallest absolute Gasteiger partial charge is 0.261 e. The van der Waals surface area contributed by atoms with Gasteiger partial charge >= 0.3 is 0 Å². The van der Waals surface area contributed by atoms with E-state index in [4.69, 9.17) is 9.47 Å². The average Bonchev–Trinajstić information content (AvgIpc) is 2.94. The first-order valence-corrected chi connectivity index (χ1v) is 14.4. The van der Waals surface area contributed by atoms with Crippen LogP contribution in [0.3, 0.4) is 0 Å². The number of benzene rings is 2. The monoisotopic (exact) mass is 552 g/mol. The second-order valence-corrected chi connectivity index (χ2v) is 11.7. The summed E-state index contributed by atoms with van der Waals surface area (Å²) in [6.07, 6.45) is 3.42. The molecule has 39 heavy (non-hydrogen) atoms. The zero-order chi connectivity index (χ0) is 28.0. The second-order valence-electron chi connectivity index (χ2n) is 10.0. The first-order chi connectivity index (χ1) is 18.7. The number of hydrogen-bond acceptors (Lipinski definition) is 7. The summed E-state index contributed by atoms with van der Waals surface area (Å²) in [4.78, 5) is 21.9. The van der Waals surface area contributed by atoms with Crippen LogP contribution in [0.2, 0.25) is 0 Å². The lowest BCUT2D eigenvalue weighted by Gasteiger charge is -2.36. The molecule has 4 rings (SSSR count). The fraction of sp³-hybridized carbons (Fsp3) is 0.379. The van der Waals surface area contributed by atoms with E-state index in [0.29, 0.717) is 25.4 Å². The molecule has 0 bridgehead atoms. The first-order valence-electron chi connectivity index (χ1n) is 12.9. The van der Waals surface area contributed by atoms with E-state index in [1.165, 1.54) is 18.2 Å². The number of nitrogens with one attached hydrogen (secondary N) is 1. The summed E-state index contributed by atoms with van der Waals surface area (Å²) in [7, 11) is -0.448. The molecule has 1 aliphatic heterocycles. The number of nitrogens with zero attached hydrogens (tertiary/aromatic N) is 3. The predicted octanol–water partition coefficient (Wildman–Crippen LogP) is 3.89. The Morgan fingerprint density at radius 1 is 1.08 bits per heavy atom. The lowest BCUT2D eigenvalue weighted by atomic mass is 10.0. The number of likely N-dealkylation sites (N-methyl/N-ethyl adjacent to an activating group) is 1. The standard InChI is InChI=1S/C29H36N4O5S/c1-21-17-33(18-23-9-8-14-30-16-23)22(2)20-38-27-13-12-24(31-39(35,36)25-10-6-5-7-11-25)15-26(27)29(34)32(3)19-28(21)37-4/h5-16,21-22,28,31H,17-20H2,1-4H3/t21-,22+,28-/m1/s1. The molecule has 0 radical (unpaired) electrons. The Hall–Kier alpha value is -3.47. The number of fused-ring (bicyclic) bond motifs is 1. The summed E-state index contributed by atoms with van der Waals surface area (Å²) >= 11 is 0. The van der Waals surface area contributed by atoms with E-state index < -0.39 is 10.0 Å². The van der Waals surface area contributed by atoms with Gasteiger partial charge in [-0.1, -0.05) is 31.2 Å². The Morgan fingerprint density at radius 3 is 2.54 bits per heavy atom. The molecule has 2 aromatic carbocycles. The lowest BCUT2D eigenvalue weighted by molar-refractivity contribution is 0.00920. The molecule has 1 aromatic heterocycles. The van der Waals surface area contributed by atoms with Gasteiger partial charge in [-0.15, -0.1) is 0 Å². The van der Waals surface area contributed by atoms with Crippen LogP contribution in [0.4, 0.5) is 5.69 Å². The van der Waals surface area contributed by atoms with Crippen LogP contribution in [0.15, 0.2) is 78.0 Å². The van der Waals surface area contributed by atoms with Gasteiger partial charge in [-0.25, -0.2) is 8.42 Å². The van der Waals surface area contributed by atoms with Crippen LogP contribution in [-0.2, 0) is 21.3 Å². The molecule has 1 amide bonds. The third-order valence-electron chi connectivity index (χ3n) is 6.99. The SMILES string of the molecule is CO[C@@H]1CN(C)C(=O)c2cc(NS(=O)(=O)c3ccccc3)ccc2OC[C@H](C)N(Cc2cccnc2)C[C@H]1C. The van der Waals surface area contributed by atoms with Crippen molar-refractivity contribution in [2.24, 2.45) is 5.92 Å². The summed E-state index contributed by atoms with van der Waals surface area (Å²) < 4.78 is 40.4. The predicted molar refractivity (Wildman–Crippen MR) is 150 cm³/mol. The van der Waals surface area contributed by atoms with Gasteiger partial charge in [0.15, 0.2) is 0 Å². The van der Waals surface area contributed by atoms with Gasteiger partial charge in [0.05, 0.1) is 16.6 Å². The summed E-state index contributed by atoms with van der Waals surface area (Å²) in [6, 6.07) is 16.9. The molecule has 0 saturated carbocycles. The van der Waals surface area contributed by atoms with E-state index in [9.17, 15) is 13.2 Å². The maximum atomic E-state index is 13.6. The normalized spacial score (nSPS) is 21.3. The third-order valence-corrected chi connectivity index (χ3v) is 8.39. The topological polar surface area (TPSA) is 101 Å². The van der Waals surface area contributed by atoms with E-state index in [-0.39, 0.29) is 40.1 Å². The minimum absolute atomic E-state index is 0.0153. The van der Waals surface area contributed by atoms with Gasteiger partial charge in [-0.2, -0.15) is 0 Å². The highest BCUT2D eigenvalue weighted by Crippen LogP contribution is 2.28. The van der Waals surface area contributed by atoms with Crippen LogP contribution in [0, 0.1) is 5.92 Å². The average molecular weight is 553 g/mol. The van der Waals surface area contributed by atoms with Crippen molar-refractivity contribution >= 4 is 21.6 Å². The summed E-state index contributed by atoms with van der Waals surface area (Å²) in [5.74, 6) is 0.234. The van der Waals surface area contributed by atoms with Crippen LogP contribution >= 0.6 is 0 Å². The largest absolute Gasteiger partial charge is 0.491 e. The number of ether oxygens (including phenoxy) is 2. The van der Waals surface area contributed by atoms with E-state index in [0.717, 1.165) is 12.1 Å². The zero-order valence-corrected chi connectivity index (χ0v) is 23.6. The molecule has 1 N–H and O–H groups in total. The fourth-order valence-corrected chi connectivity index (χ4v) is 5.75. The Kier molecular flexibility index (Phi) is 9.21. The summed E-state index contributed by atoms with van der Waals surface area (Å²) in [5, 5.41) is 0. The molecule has 1 aliphatic rings. The maximum Gasteiger partial charge on any atom is 0.261 e. The van der Waals surface area contributed by atoms with Gasteiger partial charge in [0.25, 0.3) is 15.9 Å². The number of aromatic nitrogens is 1. The van der Waals surface area contributed by atoms with Crippen molar-refractivity contribution in [2.75, 3.05) is 38.6 Å². The highest BCUT2D eigenvalue weighted by atomic mass is 32.2. The third kappa shape index (κ3) is 7.14. The number of carbonyl (C=O) groups excluding carboxylic acids is 1. The van der Waals surface area contributed by atoms with E-state index in [2.05, 4.69) is 34.5 Å². The zero-order valence-electron chi connectivity index (χ0n) is 22.8. The first kappa shape index (κ1) is 28.5. The molecule has 0 aliphatic carbocycles. The molecule has 208 valence electrons. The van der Waals surface area contributed by atoms with Crippen LogP contribution in [-0.4, -0.2) is 75.1 Å². The minimum atomic E-state index is -3.82. The molecular formula is C29H36N4O5S. The Morgan fingerprint density at radius 2 is 1.85 bits per heavy atom. The summed E-state index contributed by atoms with van der Waals surface area (Å²) in [5.41, 5.74) is 1.65. The van der Waals surface area contributed by atoms with Gasteiger partial charge in [-0.3, -0.25) is 19.4 Å². The van der Waals surface area contributed by atoms with Crippen LogP contribution in [0.5, 0.6) is 5.75 Å². The fourth-order valence-electron chi connectivity index (χ4n) is 4.68. The Bertz CT molecular complexity index is 1350. The van der Waals surface area contributed by atoms with Crippen LogP contribution < -0.4 is 9.46 Å². The lowest BCUT2D eigenvalue weighted by Crippen LogP contribution is -2.46. The number of pyridine rings is 1. The number of carbonyl (C=O) groups is 1. The van der Waals surface area contributed by atoms with E-state index in [1.54, 1.807) is 55.6 Å². The molecule has 3 aromatic rings. The van der Waals surface area contributed by atoms with Gasteiger partial charge < -0.3 is 14.4 Å². The van der Waals surface area contributed by atoms with Crippen molar-refractivity contribution in [3.05, 3.63) is 84.2 Å². The van der Waals surface area contributed by atoms with Crippen molar-refractivity contribution in [1.29, 1.82) is 0 Å². The number of rotatable bonds is 6. The van der Waals surface area contributed by atoms with Crippen molar-refractivity contribution < 1.29 is 22.7 Å². The van der Waals surface area contributed by atoms with Crippen LogP contribution in [0.1, 0.15) is 29.8 Å². The Balaban J connectivity index is 1.65. The van der Waals surface area contributed by atoms with Crippen molar-refractivity contribution in [1.82, 2.24) is 14.8 Å². The molecule has 0 spiro atoms. The van der Waals surface area contributed by atoms with Gasteiger partial charge in [-0.05, 0) is 54.8 Å². The maximum absolute atomic E-state index is 13.6. The molecule has 0 saturated heterocycles. The van der Waals surface area contributed by atoms with E-state index >= 15 is 0 Å². The number of anilines is 1. The van der Waals surface area contributed by atoms with E-state index in [1.807, 2.05) is 12.3 Å². The Labute approximate surface area is 230 Å². The number of sulfonamides is 1. The molecule has 10 heteroatoms. The highest BCUT2D eigenvalue weighted by Gasteiger charge is 2.29. The number of hydrogen-bond donors (Lipinski definition) is 1. The number of methoxy groups -OCH3 is 1. The molecule has 2 heterocycles. The van der Waals surface area contributed by atoms with Crippen molar-refractivity contribution in [3.63, 3.8) is 0 Å². The highest BCUT2D eigenvalue weighted by molar-refractivity contribution is 7.92. The second kappa shape index (κ2) is 12.6. The minimum Gasteiger partial charge on any atom is -0.491 e.